The number of hydrogen-bond donors (Lipinski definition) is 1. The Morgan fingerprint density at radius 3 is 2.71 bits per heavy atom. The van der Waals surface area contributed by atoms with E-state index in [1.54, 1.807) is 24.2 Å². The van der Waals surface area contributed by atoms with E-state index < -0.39 is 5.97 Å². The summed E-state index contributed by atoms with van der Waals surface area (Å²) >= 11 is 1.77. The molecule has 0 bridgehead atoms. The van der Waals surface area contributed by atoms with E-state index in [2.05, 4.69) is 16.2 Å². The Morgan fingerprint density at radius 2 is 2.18 bits per heavy atom. The van der Waals surface area contributed by atoms with E-state index in [4.69, 9.17) is 5.11 Å². The summed E-state index contributed by atoms with van der Waals surface area (Å²) < 4.78 is 0. The average Bonchev–Trinajstić information content (AvgIpc) is 2.34. The quantitative estimate of drug-likeness (QED) is 0.772. The Kier molecular flexibility index (Phi) is 5.48. The molecule has 0 saturated heterocycles. The Bertz CT molecular complexity index is 392. The summed E-state index contributed by atoms with van der Waals surface area (Å²) in [4.78, 5) is 20.6. The standard InChI is InChI=1S/C11H15N3O2S/c1-14(5-6-17-2)11-12-7-9(8-13-11)3-4-10(15)16/h3-4,7-8H,5-6H2,1-2H3,(H,15,16)/b4-3+. The molecule has 0 aromatic carbocycles. The maximum atomic E-state index is 10.3. The highest BCUT2D eigenvalue weighted by Gasteiger charge is 2.02. The van der Waals surface area contributed by atoms with Crippen LogP contribution in [0.15, 0.2) is 18.5 Å². The molecule has 1 N–H and O–H groups in total. The highest BCUT2D eigenvalue weighted by Crippen LogP contribution is 2.07. The van der Waals surface area contributed by atoms with Gasteiger partial charge < -0.3 is 10.0 Å². The lowest BCUT2D eigenvalue weighted by molar-refractivity contribution is -0.131. The lowest BCUT2D eigenvalue weighted by Gasteiger charge is -2.15. The van der Waals surface area contributed by atoms with Crippen LogP contribution >= 0.6 is 11.8 Å². The van der Waals surface area contributed by atoms with Gasteiger partial charge in [0.05, 0.1) is 0 Å². The van der Waals surface area contributed by atoms with Gasteiger partial charge in [0, 0.05) is 43.4 Å². The third-order valence-corrected chi connectivity index (χ3v) is 2.64. The van der Waals surface area contributed by atoms with E-state index in [9.17, 15) is 4.79 Å². The van der Waals surface area contributed by atoms with Gasteiger partial charge in [-0.1, -0.05) is 0 Å². The van der Waals surface area contributed by atoms with E-state index in [0.29, 0.717) is 11.5 Å². The number of nitrogens with zero attached hydrogens (tertiary/aromatic N) is 3. The second kappa shape index (κ2) is 6.90. The molecule has 0 radical (unpaired) electrons. The molecule has 6 heteroatoms. The van der Waals surface area contributed by atoms with Crippen molar-refractivity contribution in [2.45, 2.75) is 0 Å². The Morgan fingerprint density at radius 1 is 1.53 bits per heavy atom. The van der Waals surface area contributed by atoms with E-state index in [0.717, 1.165) is 18.4 Å². The number of carboxylic acids is 1. The molecule has 1 aromatic heterocycles. The predicted molar refractivity (Wildman–Crippen MR) is 70.4 cm³/mol. The highest BCUT2D eigenvalue weighted by atomic mass is 32.2. The largest absolute Gasteiger partial charge is 0.478 e. The van der Waals surface area contributed by atoms with Gasteiger partial charge >= 0.3 is 5.97 Å². The van der Waals surface area contributed by atoms with Gasteiger partial charge in [-0.15, -0.1) is 0 Å². The Labute approximate surface area is 105 Å². The molecular formula is C11H15N3O2S. The number of anilines is 1. The van der Waals surface area contributed by atoms with E-state index >= 15 is 0 Å². The van der Waals surface area contributed by atoms with Gasteiger partial charge in [-0.25, -0.2) is 14.8 Å². The maximum Gasteiger partial charge on any atom is 0.328 e. The summed E-state index contributed by atoms with van der Waals surface area (Å²) in [5, 5.41) is 8.48. The van der Waals surface area contributed by atoms with Crippen molar-refractivity contribution in [3.8, 4) is 0 Å². The molecular weight excluding hydrogens is 238 g/mol. The van der Waals surface area contributed by atoms with Gasteiger partial charge in [0.1, 0.15) is 0 Å². The number of aliphatic carboxylic acids is 1. The van der Waals surface area contributed by atoms with Crippen molar-refractivity contribution in [1.29, 1.82) is 0 Å². The van der Waals surface area contributed by atoms with Gasteiger partial charge in [-0.2, -0.15) is 11.8 Å². The fourth-order valence-electron chi connectivity index (χ4n) is 1.11. The van der Waals surface area contributed by atoms with E-state index in [1.807, 2.05) is 11.9 Å². The van der Waals surface area contributed by atoms with Gasteiger partial charge in [-0.3, -0.25) is 0 Å². The lowest BCUT2D eigenvalue weighted by atomic mass is 10.3. The maximum absolute atomic E-state index is 10.3. The molecule has 0 unspecified atom stereocenters. The first-order chi connectivity index (χ1) is 8.13. The summed E-state index contributed by atoms with van der Waals surface area (Å²) in [6, 6.07) is 0. The second-order valence-corrected chi connectivity index (χ2v) is 4.39. The molecule has 1 rings (SSSR count). The first-order valence-electron chi connectivity index (χ1n) is 5.06. The van der Waals surface area contributed by atoms with Crippen molar-refractivity contribution in [3.05, 3.63) is 24.0 Å². The van der Waals surface area contributed by atoms with E-state index in [-0.39, 0.29) is 0 Å². The van der Waals surface area contributed by atoms with Crippen LogP contribution in [-0.4, -0.2) is 46.6 Å². The number of aromatic nitrogens is 2. The molecule has 92 valence electrons. The number of rotatable bonds is 6. The fourth-order valence-corrected chi connectivity index (χ4v) is 1.57. The Balaban J connectivity index is 2.64. The van der Waals surface area contributed by atoms with Crippen LogP contribution in [-0.2, 0) is 4.79 Å². The second-order valence-electron chi connectivity index (χ2n) is 3.40. The minimum Gasteiger partial charge on any atom is -0.478 e. The van der Waals surface area contributed by atoms with Crippen LogP contribution in [0.3, 0.4) is 0 Å². The van der Waals surface area contributed by atoms with Crippen LogP contribution < -0.4 is 4.90 Å². The Hall–Kier alpha value is -1.56. The fraction of sp³-hybridized carbons (Fsp3) is 0.364. The molecule has 0 aliphatic carbocycles. The van der Waals surface area contributed by atoms with Crippen molar-refractivity contribution >= 4 is 29.8 Å². The number of thioether (sulfide) groups is 1. The lowest BCUT2D eigenvalue weighted by Crippen LogP contribution is -2.22. The summed E-state index contributed by atoms with van der Waals surface area (Å²) in [7, 11) is 1.93. The zero-order valence-corrected chi connectivity index (χ0v) is 10.6. The van der Waals surface area contributed by atoms with Gasteiger partial charge in [-0.05, 0) is 12.3 Å². The van der Waals surface area contributed by atoms with Crippen molar-refractivity contribution in [2.24, 2.45) is 0 Å². The average molecular weight is 253 g/mol. The topological polar surface area (TPSA) is 66.3 Å². The minimum absolute atomic E-state index is 0.645. The van der Waals surface area contributed by atoms with Crippen molar-refractivity contribution < 1.29 is 9.90 Å². The van der Waals surface area contributed by atoms with Crippen LogP contribution in [0.2, 0.25) is 0 Å². The summed E-state index contributed by atoms with van der Waals surface area (Å²) in [6.07, 6.45) is 7.80. The number of hydrogen-bond acceptors (Lipinski definition) is 5. The molecule has 1 aromatic rings. The summed E-state index contributed by atoms with van der Waals surface area (Å²) in [5.41, 5.74) is 0.675. The highest BCUT2D eigenvalue weighted by molar-refractivity contribution is 7.98. The van der Waals surface area contributed by atoms with Gasteiger partial charge in [0.2, 0.25) is 5.95 Å². The molecule has 1 heterocycles. The summed E-state index contributed by atoms with van der Waals surface area (Å²) in [5.74, 6) is 0.679. The molecule has 0 spiro atoms. The molecule has 0 aliphatic rings. The SMILES string of the molecule is CSCCN(C)c1ncc(/C=C/C(=O)O)cn1. The molecule has 0 atom stereocenters. The molecule has 0 fully saturated rings. The number of carboxylic acid groups (broad SMARTS) is 1. The van der Waals surface area contributed by atoms with Crippen LogP contribution in [0.25, 0.3) is 6.08 Å². The van der Waals surface area contributed by atoms with Crippen LogP contribution in [0.5, 0.6) is 0 Å². The van der Waals surface area contributed by atoms with Gasteiger partial charge in [0.15, 0.2) is 0 Å². The number of carbonyl (C=O) groups is 1. The zero-order chi connectivity index (χ0) is 12.7. The normalized spacial score (nSPS) is 10.7. The third kappa shape index (κ3) is 4.86. The smallest absolute Gasteiger partial charge is 0.328 e. The third-order valence-electron chi connectivity index (χ3n) is 2.05. The molecule has 5 nitrogen and oxygen atoms in total. The first-order valence-corrected chi connectivity index (χ1v) is 6.46. The predicted octanol–water partition coefficient (Wildman–Crippen LogP) is 1.37. The van der Waals surface area contributed by atoms with Crippen LogP contribution in [0.4, 0.5) is 5.95 Å². The minimum atomic E-state index is -0.980. The molecule has 0 saturated carbocycles. The van der Waals surface area contributed by atoms with Crippen molar-refractivity contribution in [3.63, 3.8) is 0 Å². The van der Waals surface area contributed by atoms with E-state index in [1.165, 1.54) is 6.08 Å². The van der Waals surface area contributed by atoms with Crippen molar-refractivity contribution in [2.75, 3.05) is 30.5 Å². The molecule has 0 aliphatic heterocycles. The van der Waals surface area contributed by atoms with Crippen LogP contribution in [0.1, 0.15) is 5.56 Å². The van der Waals surface area contributed by atoms with Crippen LogP contribution in [0, 0.1) is 0 Å². The monoisotopic (exact) mass is 253 g/mol. The van der Waals surface area contributed by atoms with Gasteiger partial charge in [0.25, 0.3) is 0 Å². The first kappa shape index (κ1) is 13.5. The molecule has 0 amide bonds. The summed E-state index contributed by atoms with van der Waals surface area (Å²) in [6.45, 7) is 0.880. The molecule has 17 heavy (non-hydrogen) atoms. The zero-order valence-electron chi connectivity index (χ0n) is 9.83. The van der Waals surface area contributed by atoms with Crippen molar-refractivity contribution in [1.82, 2.24) is 9.97 Å².